The van der Waals surface area contributed by atoms with Crippen molar-refractivity contribution in [3.8, 4) is 0 Å². The molecule has 30 heavy (non-hydrogen) atoms. The number of thiazole rings is 1. The van der Waals surface area contributed by atoms with Crippen LogP contribution in [0.15, 0.2) is 23.6 Å². The molecule has 0 atom stereocenters. The molecular weight excluding hydrogens is 443 g/mol. The van der Waals surface area contributed by atoms with E-state index >= 15 is 0 Å². The first kappa shape index (κ1) is 24.6. The van der Waals surface area contributed by atoms with Gasteiger partial charge in [-0.15, -0.1) is 11.3 Å². The average molecular weight is 471 g/mol. The summed E-state index contributed by atoms with van der Waals surface area (Å²) in [7, 11) is 4.01. The second-order valence-corrected chi connectivity index (χ2v) is 9.36. The predicted octanol–water partition coefficient (Wildman–Crippen LogP) is 4.57. The van der Waals surface area contributed by atoms with E-state index in [1.807, 2.05) is 44.3 Å². The summed E-state index contributed by atoms with van der Waals surface area (Å²) in [4.78, 5) is 33.1. The number of hydrogen-bond donors (Lipinski definition) is 1. The minimum absolute atomic E-state index is 0.0214. The first-order valence-corrected chi connectivity index (χ1v) is 11.4. The van der Waals surface area contributed by atoms with Crippen molar-refractivity contribution in [1.82, 2.24) is 14.8 Å². The summed E-state index contributed by atoms with van der Waals surface area (Å²) < 4.78 is 0. The van der Waals surface area contributed by atoms with Crippen LogP contribution in [-0.4, -0.2) is 53.8 Å². The molecular formula is C21H28Cl2N4O2S. The Bertz CT molecular complexity index is 870. The Morgan fingerprint density at radius 3 is 2.53 bits per heavy atom. The van der Waals surface area contributed by atoms with Gasteiger partial charge in [-0.1, -0.05) is 43.1 Å². The lowest BCUT2D eigenvalue weighted by atomic mass is 10.2. The van der Waals surface area contributed by atoms with E-state index in [0.717, 1.165) is 18.5 Å². The second-order valence-electron chi connectivity index (χ2n) is 7.69. The molecule has 0 saturated heterocycles. The zero-order chi connectivity index (χ0) is 22.3. The molecule has 2 amide bonds. The van der Waals surface area contributed by atoms with E-state index in [1.54, 1.807) is 12.1 Å². The molecule has 0 spiro atoms. The predicted molar refractivity (Wildman–Crippen MR) is 124 cm³/mol. The highest BCUT2D eigenvalue weighted by molar-refractivity contribution is 7.13. The van der Waals surface area contributed by atoms with Gasteiger partial charge in [-0.05, 0) is 44.8 Å². The molecule has 0 aliphatic rings. The number of amides is 2. The zero-order valence-electron chi connectivity index (χ0n) is 17.7. The van der Waals surface area contributed by atoms with Crippen molar-refractivity contribution in [2.45, 2.75) is 33.2 Å². The van der Waals surface area contributed by atoms with Gasteiger partial charge in [0.2, 0.25) is 11.8 Å². The summed E-state index contributed by atoms with van der Waals surface area (Å²) >= 11 is 13.5. The molecule has 0 aliphatic heterocycles. The highest BCUT2D eigenvalue weighted by Crippen LogP contribution is 2.24. The van der Waals surface area contributed by atoms with E-state index in [1.165, 1.54) is 11.3 Å². The molecule has 0 aliphatic carbocycles. The van der Waals surface area contributed by atoms with E-state index in [2.05, 4.69) is 15.2 Å². The Hall–Kier alpha value is -1.67. The van der Waals surface area contributed by atoms with E-state index in [9.17, 15) is 9.59 Å². The summed E-state index contributed by atoms with van der Waals surface area (Å²) in [6, 6.07) is 5.41. The van der Waals surface area contributed by atoms with Crippen molar-refractivity contribution < 1.29 is 9.59 Å². The molecule has 1 aromatic carbocycles. The van der Waals surface area contributed by atoms with Crippen LogP contribution in [0.3, 0.4) is 0 Å². The number of hydrogen-bond acceptors (Lipinski definition) is 5. The third kappa shape index (κ3) is 7.87. The van der Waals surface area contributed by atoms with Crippen LogP contribution in [0, 0.1) is 5.92 Å². The van der Waals surface area contributed by atoms with Crippen molar-refractivity contribution in [2.24, 2.45) is 5.92 Å². The van der Waals surface area contributed by atoms with E-state index in [4.69, 9.17) is 23.2 Å². The maximum atomic E-state index is 13.0. The molecule has 1 aromatic heterocycles. The summed E-state index contributed by atoms with van der Waals surface area (Å²) in [6.07, 6.45) is 1.03. The molecule has 164 valence electrons. The molecule has 0 saturated carbocycles. The third-order valence-corrected chi connectivity index (χ3v) is 5.93. The van der Waals surface area contributed by atoms with Gasteiger partial charge in [-0.25, -0.2) is 4.98 Å². The van der Waals surface area contributed by atoms with Crippen LogP contribution in [-0.2, 0) is 22.6 Å². The number of rotatable bonds is 10. The van der Waals surface area contributed by atoms with E-state index in [-0.39, 0.29) is 24.2 Å². The van der Waals surface area contributed by atoms with Gasteiger partial charge in [0, 0.05) is 24.4 Å². The van der Waals surface area contributed by atoms with Gasteiger partial charge in [0.1, 0.15) is 0 Å². The molecule has 2 aromatic rings. The molecule has 0 fully saturated rings. The topological polar surface area (TPSA) is 65.5 Å². The minimum atomic E-state index is -0.127. The van der Waals surface area contributed by atoms with Crippen molar-refractivity contribution >= 4 is 51.5 Å². The van der Waals surface area contributed by atoms with Crippen LogP contribution >= 0.6 is 34.5 Å². The van der Waals surface area contributed by atoms with E-state index < -0.39 is 0 Å². The number of nitrogens with one attached hydrogen (secondary N) is 1. The van der Waals surface area contributed by atoms with Crippen molar-refractivity contribution in [1.29, 1.82) is 0 Å². The summed E-state index contributed by atoms with van der Waals surface area (Å²) in [6.45, 7) is 5.60. The van der Waals surface area contributed by atoms with Gasteiger partial charge < -0.3 is 15.1 Å². The van der Waals surface area contributed by atoms with E-state index in [0.29, 0.717) is 34.0 Å². The number of nitrogens with zero attached hydrogens (tertiary/aromatic N) is 3. The highest BCUT2D eigenvalue weighted by Gasteiger charge is 2.18. The number of carbonyl (C=O) groups is 2. The van der Waals surface area contributed by atoms with Gasteiger partial charge in [-0.2, -0.15) is 0 Å². The second kappa shape index (κ2) is 11.6. The van der Waals surface area contributed by atoms with Crippen LogP contribution in [0.4, 0.5) is 5.13 Å². The summed E-state index contributed by atoms with van der Waals surface area (Å²) in [5.74, 6) is -0.239. The Labute approximate surface area is 192 Å². The first-order chi connectivity index (χ1) is 14.2. The fraction of sp³-hybridized carbons (Fsp3) is 0.476. The smallest absolute Gasteiger partial charge is 0.228 e. The molecule has 2 rings (SSSR count). The van der Waals surface area contributed by atoms with Crippen molar-refractivity contribution in [2.75, 3.05) is 32.5 Å². The fourth-order valence-corrected chi connectivity index (χ4v) is 3.72. The van der Waals surface area contributed by atoms with Gasteiger partial charge in [0.15, 0.2) is 5.13 Å². The van der Waals surface area contributed by atoms with Crippen LogP contribution in [0.2, 0.25) is 10.0 Å². The molecule has 1 N–H and O–H groups in total. The Balaban J connectivity index is 2.06. The van der Waals surface area contributed by atoms with Crippen molar-refractivity contribution in [3.05, 3.63) is 44.9 Å². The molecule has 0 unspecified atom stereocenters. The van der Waals surface area contributed by atoms with Crippen LogP contribution in [0.1, 0.15) is 31.5 Å². The molecule has 9 heteroatoms. The van der Waals surface area contributed by atoms with Crippen LogP contribution in [0.5, 0.6) is 0 Å². The van der Waals surface area contributed by atoms with Gasteiger partial charge >= 0.3 is 0 Å². The van der Waals surface area contributed by atoms with Crippen molar-refractivity contribution in [3.63, 3.8) is 0 Å². The number of halogens is 2. The van der Waals surface area contributed by atoms with Crippen LogP contribution in [0.25, 0.3) is 0 Å². The maximum Gasteiger partial charge on any atom is 0.228 e. The number of aromatic nitrogens is 1. The largest absolute Gasteiger partial charge is 0.338 e. The Kier molecular flexibility index (Phi) is 9.55. The summed E-state index contributed by atoms with van der Waals surface area (Å²) in [5.41, 5.74) is 1.57. The van der Waals surface area contributed by atoms with Gasteiger partial charge in [0.25, 0.3) is 0 Å². The molecule has 0 radical (unpaired) electrons. The summed E-state index contributed by atoms with van der Waals surface area (Å²) in [5, 5.41) is 6.06. The van der Waals surface area contributed by atoms with Gasteiger partial charge in [0.05, 0.1) is 22.2 Å². The fourth-order valence-electron chi connectivity index (χ4n) is 2.69. The standard InChI is InChI=1S/C21H28Cl2N4O2S/c1-14(2)20(29)25-21-24-16(13-30-21)11-19(28)27(9-5-8-26(3)4)12-15-6-7-17(22)18(23)10-15/h6-7,10,13-14H,5,8-9,11-12H2,1-4H3,(H,24,25,29). The molecule has 6 nitrogen and oxygen atoms in total. The highest BCUT2D eigenvalue weighted by atomic mass is 35.5. The molecule has 0 bridgehead atoms. The minimum Gasteiger partial charge on any atom is -0.338 e. The lowest BCUT2D eigenvalue weighted by Gasteiger charge is -2.24. The Morgan fingerprint density at radius 2 is 1.90 bits per heavy atom. The number of benzene rings is 1. The SMILES string of the molecule is CC(C)C(=O)Nc1nc(CC(=O)N(CCCN(C)C)Cc2ccc(Cl)c(Cl)c2)cs1. The van der Waals surface area contributed by atoms with Gasteiger partial charge in [-0.3, -0.25) is 9.59 Å². The number of anilines is 1. The zero-order valence-corrected chi connectivity index (χ0v) is 20.1. The maximum absolute atomic E-state index is 13.0. The number of carbonyl (C=O) groups excluding carboxylic acids is 2. The van der Waals surface area contributed by atoms with Crippen LogP contribution < -0.4 is 5.32 Å². The third-order valence-electron chi connectivity index (χ3n) is 4.38. The lowest BCUT2D eigenvalue weighted by Crippen LogP contribution is -2.34. The average Bonchev–Trinajstić information content (AvgIpc) is 3.10. The monoisotopic (exact) mass is 470 g/mol. The normalized spacial score (nSPS) is 11.2. The molecule has 1 heterocycles. The first-order valence-electron chi connectivity index (χ1n) is 9.77. The quantitative estimate of drug-likeness (QED) is 0.552. The Morgan fingerprint density at radius 1 is 1.17 bits per heavy atom. The lowest BCUT2D eigenvalue weighted by molar-refractivity contribution is -0.131.